The summed E-state index contributed by atoms with van der Waals surface area (Å²) in [6, 6.07) is 17.1. The van der Waals surface area contributed by atoms with Crippen LogP contribution in [-0.4, -0.2) is 27.2 Å². The van der Waals surface area contributed by atoms with Gasteiger partial charge in [0.2, 0.25) is 5.95 Å². The average molecular weight is 401 g/mol. The number of benzene rings is 2. The van der Waals surface area contributed by atoms with Crippen LogP contribution in [0.15, 0.2) is 53.3 Å². The quantitative estimate of drug-likeness (QED) is 0.655. The number of hydrogen-bond donors (Lipinski definition) is 0. The average Bonchev–Trinajstić information content (AvgIpc) is 3.59. The van der Waals surface area contributed by atoms with Gasteiger partial charge in [0.05, 0.1) is 19.0 Å². The van der Waals surface area contributed by atoms with Gasteiger partial charge in [-0.3, -0.25) is 19.2 Å². The molecule has 1 aromatic heterocycles. The fraction of sp³-hybridized carbons (Fsp3) is 0.360. The maximum absolute atomic E-state index is 13.6. The Morgan fingerprint density at radius 1 is 0.967 bits per heavy atom. The normalized spacial score (nSPS) is 16.6. The molecular formula is C25H28N4O. The van der Waals surface area contributed by atoms with Crippen molar-refractivity contribution < 1.29 is 0 Å². The third kappa shape index (κ3) is 3.33. The van der Waals surface area contributed by atoms with E-state index in [2.05, 4.69) is 54.0 Å². The van der Waals surface area contributed by atoms with Crippen LogP contribution in [0, 0.1) is 20.8 Å². The van der Waals surface area contributed by atoms with E-state index in [0.29, 0.717) is 19.1 Å². The molecule has 0 saturated heterocycles. The van der Waals surface area contributed by atoms with Gasteiger partial charge in [0.1, 0.15) is 0 Å². The number of aromatic nitrogens is 2. The molecule has 0 atom stereocenters. The summed E-state index contributed by atoms with van der Waals surface area (Å²) < 4.78 is 1.88. The molecule has 2 aliphatic rings. The van der Waals surface area contributed by atoms with E-state index < -0.39 is 0 Å². The highest BCUT2D eigenvalue weighted by Crippen LogP contribution is 2.36. The number of hydrogen-bond acceptors (Lipinski definition) is 4. The molecular weight excluding hydrogens is 372 g/mol. The van der Waals surface area contributed by atoms with E-state index in [-0.39, 0.29) is 5.56 Å². The second-order valence-electron chi connectivity index (χ2n) is 8.62. The Morgan fingerprint density at radius 3 is 2.47 bits per heavy atom. The molecule has 5 nitrogen and oxygen atoms in total. The maximum atomic E-state index is 13.6. The SMILES string of the molecule is Cc1cccc(N2CN(C3CC3)Cn3c2nc(C)c(Cc2ccccc2)c3=O)c1C. The Bertz CT molecular complexity index is 1150. The van der Waals surface area contributed by atoms with E-state index in [9.17, 15) is 4.79 Å². The second-order valence-corrected chi connectivity index (χ2v) is 8.62. The van der Waals surface area contributed by atoms with Gasteiger partial charge in [0.25, 0.3) is 5.56 Å². The lowest BCUT2D eigenvalue weighted by Crippen LogP contribution is -2.49. The summed E-state index contributed by atoms with van der Waals surface area (Å²) in [5.74, 6) is 0.764. The lowest BCUT2D eigenvalue weighted by Gasteiger charge is -2.39. The molecule has 1 aliphatic heterocycles. The molecule has 0 radical (unpaired) electrons. The highest BCUT2D eigenvalue weighted by atomic mass is 16.1. The number of anilines is 2. The number of rotatable bonds is 4. The van der Waals surface area contributed by atoms with Crippen molar-refractivity contribution in [2.24, 2.45) is 0 Å². The van der Waals surface area contributed by atoms with Crippen molar-refractivity contribution in [3.05, 3.63) is 86.8 Å². The smallest absolute Gasteiger partial charge is 0.259 e. The molecule has 30 heavy (non-hydrogen) atoms. The minimum absolute atomic E-state index is 0.0852. The molecule has 5 heteroatoms. The van der Waals surface area contributed by atoms with Gasteiger partial charge in [-0.1, -0.05) is 42.5 Å². The van der Waals surface area contributed by atoms with Gasteiger partial charge in [-0.05, 0) is 56.4 Å². The summed E-state index contributed by atoms with van der Waals surface area (Å²) in [6.07, 6.45) is 3.04. The van der Waals surface area contributed by atoms with Crippen molar-refractivity contribution in [1.29, 1.82) is 0 Å². The molecule has 0 N–H and O–H groups in total. The molecule has 0 spiro atoms. The Hall–Kier alpha value is -2.92. The monoisotopic (exact) mass is 400 g/mol. The largest absolute Gasteiger partial charge is 0.298 e. The number of nitrogens with zero attached hydrogens (tertiary/aromatic N) is 4. The molecule has 0 amide bonds. The minimum atomic E-state index is 0.0852. The lowest BCUT2D eigenvalue weighted by atomic mass is 10.0. The van der Waals surface area contributed by atoms with Crippen LogP contribution in [0.5, 0.6) is 0 Å². The highest BCUT2D eigenvalue weighted by molar-refractivity contribution is 5.64. The topological polar surface area (TPSA) is 41.4 Å². The third-order valence-corrected chi connectivity index (χ3v) is 6.49. The predicted molar refractivity (Wildman–Crippen MR) is 120 cm³/mol. The van der Waals surface area contributed by atoms with E-state index in [4.69, 9.17) is 4.98 Å². The third-order valence-electron chi connectivity index (χ3n) is 6.49. The summed E-state index contributed by atoms with van der Waals surface area (Å²) in [5, 5.41) is 0. The maximum Gasteiger partial charge on any atom is 0.259 e. The molecule has 5 rings (SSSR count). The van der Waals surface area contributed by atoms with Crippen LogP contribution in [0.4, 0.5) is 11.6 Å². The molecule has 1 saturated carbocycles. The van der Waals surface area contributed by atoms with Crippen LogP contribution >= 0.6 is 0 Å². The van der Waals surface area contributed by atoms with Crippen LogP contribution in [-0.2, 0) is 13.1 Å². The molecule has 3 aromatic rings. The van der Waals surface area contributed by atoms with E-state index in [1.165, 1.54) is 24.0 Å². The van der Waals surface area contributed by atoms with Gasteiger partial charge >= 0.3 is 0 Å². The summed E-state index contributed by atoms with van der Waals surface area (Å²) in [4.78, 5) is 23.2. The molecule has 1 aliphatic carbocycles. The Balaban J connectivity index is 1.63. The Kier molecular flexibility index (Phi) is 4.70. The molecule has 2 aromatic carbocycles. The van der Waals surface area contributed by atoms with Crippen molar-refractivity contribution in [3.63, 3.8) is 0 Å². The van der Waals surface area contributed by atoms with Gasteiger partial charge in [0, 0.05) is 23.7 Å². The van der Waals surface area contributed by atoms with Crippen LogP contribution < -0.4 is 10.5 Å². The summed E-state index contributed by atoms with van der Waals surface area (Å²) in [6.45, 7) is 7.65. The molecule has 0 unspecified atom stereocenters. The van der Waals surface area contributed by atoms with Gasteiger partial charge in [0.15, 0.2) is 0 Å². The first-order valence-corrected chi connectivity index (χ1v) is 10.7. The van der Waals surface area contributed by atoms with Gasteiger partial charge in [-0.25, -0.2) is 4.98 Å². The number of fused-ring (bicyclic) bond motifs is 1. The highest BCUT2D eigenvalue weighted by Gasteiger charge is 2.36. The Labute approximate surface area is 177 Å². The van der Waals surface area contributed by atoms with Crippen LogP contribution in [0.25, 0.3) is 0 Å². The van der Waals surface area contributed by atoms with Gasteiger partial charge < -0.3 is 0 Å². The van der Waals surface area contributed by atoms with E-state index in [0.717, 1.165) is 35.1 Å². The zero-order valence-corrected chi connectivity index (χ0v) is 17.9. The van der Waals surface area contributed by atoms with E-state index >= 15 is 0 Å². The van der Waals surface area contributed by atoms with Gasteiger partial charge in [-0.15, -0.1) is 0 Å². The molecule has 154 valence electrons. The molecule has 2 heterocycles. The Morgan fingerprint density at radius 2 is 1.73 bits per heavy atom. The standard InChI is InChI=1S/C25H28N4O/c1-17-8-7-11-23(18(17)2)28-15-27(21-12-13-21)16-29-24(30)22(19(3)26-25(28)29)14-20-9-5-4-6-10-20/h4-11,21H,12-16H2,1-3H3. The number of aryl methyl sites for hydroxylation is 2. The first-order chi connectivity index (χ1) is 14.5. The first kappa shape index (κ1) is 19.1. The van der Waals surface area contributed by atoms with Gasteiger partial charge in [-0.2, -0.15) is 0 Å². The van der Waals surface area contributed by atoms with Crippen LogP contribution in [0.1, 0.15) is 40.8 Å². The summed E-state index contributed by atoms with van der Waals surface area (Å²) in [5.41, 5.74) is 6.47. The van der Waals surface area contributed by atoms with E-state index in [1.54, 1.807) is 0 Å². The summed E-state index contributed by atoms with van der Waals surface area (Å²) in [7, 11) is 0. The fourth-order valence-corrected chi connectivity index (χ4v) is 4.38. The van der Waals surface area contributed by atoms with E-state index in [1.807, 2.05) is 29.7 Å². The minimum Gasteiger partial charge on any atom is -0.298 e. The fourth-order valence-electron chi connectivity index (χ4n) is 4.38. The first-order valence-electron chi connectivity index (χ1n) is 10.7. The summed E-state index contributed by atoms with van der Waals surface area (Å²) >= 11 is 0. The zero-order valence-electron chi connectivity index (χ0n) is 17.9. The predicted octanol–water partition coefficient (Wildman–Crippen LogP) is 4.29. The second kappa shape index (κ2) is 7.40. The molecule has 1 fully saturated rings. The van der Waals surface area contributed by atoms with Crippen LogP contribution in [0.3, 0.4) is 0 Å². The van der Waals surface area contributed by atoms with Crippen LogP contribution in [0.2, 0.25) is 0 Å². The van der Waals surface area contributed by atoms with Crippen molar-refractivity contribution in [2.75, 3.05) is 11.6 Å². The lowest BCUT2D eigenvalue weighted by molar-refractivity contribution is 0.188. The zero-order chi connectivity index (χ0) is 20.8. The van der Waals surface area contributed by atoms with Crippen molar-refractivity contribution in [1.82, 2.24) is 14.5 Å². The molecule has 0 bridgehead atoms. The van der Waals surface area contributed by atoms with Crippen molar-refractivity contribution in [2.45, 2.75) is 52.7 Å². The van der Waals surface area contributed by atoms with Crippen molar-refractivity contribution in [3.8, 4) is 0 Å². The van der Waals surface area contributed by atoms with Crippen molar-refractivity contribution >= 4 is 11.6 Å².